The van der Waals surface area contributed by atoms with Gasteiger partial charge in [-0.05, 0) is 99.6 Å². The van der Waals surface area contributed by atoms with Crippen LogP contribution in [-0.4, -0.2) is 127 Å². The van der Waals surface area contributed by atoms with E-state index in [4.69, 9.17) is 14.2 Å². The van der Waals surface area contributed by atoms with Crippen LogP contribution in [0.1, 0.15) is 69.5 Å². The Kier molecular flexibility index (Phi) is 10.7. The first kappa shape index (κ1) is 40.1. The van der Waals surface area contributed by atoms with Gasteiger partial charge in [-0.1, -0.05) is 0 Å². The SMILES string of the molecule is COc1cc(-c2cn(C)c(=O)c3c2CCN(C(=O)NC2CC4(CCN(CCOc5ccc6c(c5)C(=O)N(C5CCC(=O)NC5=O)C6=O)C4)C2)C3)cc(OC)c1CN(C)C. The van der Waals surface area contributed by atoms with E-state index in [-0.39, 0.29) is 53.6 Å². The molecule has 59 heavy (non-hydrogen) atoms. The smallest absolute Gasteiger partial charge is 0.317 e. The van der Waals surface area contributed by atoms with Crippen LogP contribution in [-0.2, 0) is 36.1 Å². The molecule has 1 atom stereocenters. The Morgan fingerprint density at radius 2 is 1.66 bits per heavy atom. The number of benzene rings is 2. The van der Waals surface area contributed by atoms with Crippen molar-refractivity contribution in [2.75, 3.05) is 61.1 Å². The lowest BCUT2D eigenvalue weighted by Crippen LogP contribution is -2.55. The summed E-state index contributed by atoms with van der Waals surface area (Å²) in [5.41, 5.74) is 4.72. The second-order valence-corrected chi connectivity index (χ2v) is 16.8. The van der Waals surface area contributed by atoms with Gasteiger partial charge in [-0.15, -0.1) is 0 Å². The second-order valence-electron chi connectivity index (χ2n) is 16.8. The van der Waals surface area contributed by atoms with Crippen molar-refractivity contribution in [3.05, 3.63) is 74.7 Å². The molecule has 1 saturated carbocycles. The van der Waals surface area contributed by atoms with Gasteiger partial charge in [0.25, 0.3) is 17.4 Å². The van der Waals surface area contributed by atoms with Crippen LogP contribution in [0.15, 0.2) is 41.3 Å². The Hall–Kier alpha value is -5.74. The molecule has 1 aliphatic carbocycles. The van der Waals surface area contributed by atoms with Crippen molar-refractivity contribution < 1.29 is 38.2 Å². The highest BCUT2D eigenvalue weighted by Crippen LogP contribution is 2.48. The Balaban J connectivity index is 0.834. The summed E-state index contributed by atoms with van der Waals surface area (Å²) < 4.78 is 19.2. The third-order valence-corrected chi connectivity index (χ3v) is 12.5. The van der Waals surface area contributed by atoms with E-state index in [2.05, 4.69) is 20.4 Å². The minimum atomic E-state index is -1.02. The van der Waals surface area contributed by atoms with Gasteiger partial charge in [0.2, 0.25) is 11.8 Å². The number of aryl methyl sites for hydroxylation is 1. The maximum Gasteiger partial charge on any atom is 0.317 e. The van der Waals surface area contributed by atoms with Gasteiger partial charge in [0.05, 0.1) is 37.5 Å². The number of carbonyl (C=O) groups is 5. The lowest BCUT2D eigenvalue weighted by Gasteiger charge is -2.46. The number of urea groups is 1. The molecule has 16 nitrogen and oxygen atoms in total. The zero-order valence-corrected chi connectivity index (χ0v) is 34.2. The number of nitrogens with one attached hydrogen (secondary N) is 2. The number of fused-ring (bicyclic) bond motifs is 2. The number of hydrogen-bond donors (Lipinski definition) is 2. The van der Waals surface area contributed by atoms with Gasteiger partial charge in [-0.25, -0.2) is 4.79 Å². The van der Waals surface area contributed by atoms with Crippen molar-refractivity contribution in [1.29, 1.82) is 0 Å². The van der Waals surface area contributed by atoms with E-state index in [9.17, 15) is 28.8 Å². The highest BCUT2D eigenvalue weighted by molar-refractivity contribution is 6.23. The van der Waals surface area contributed by atoms with Crippen molar-refractivity contribution in [3.8, 4) is 28.4 Å². The quantitative estimate of drug-likeness (QED) is 0.273. The molecule has 1 unspecified atom stereocenters. The van der Waals surface area contributed by atoms with Crippen LogP contribution in [0.5, 0.6) is 17.2 Å². The summed E-state index contributed by atoms with van der Waals surface area (Å²) in [4.78, 5) is 84.4. The van der Waals surface area contributed by atoms with Gasteiger partial charge in [-0.3, -0.25) is 39.1 Å². The molecule has 0 bridgehead atoms. The zero-order valence-electron chi connectivity index (χ0n) is 34.2. The van der Waals surface area contributed by atoms with Gasteiger partial charge in [0, 0.05) is 63.0 Å². The van der Waals surface area contributed by atoms with Crippen LogP contribution < -0.4 is 30.4 Å². The average Bonchev–Trinajstić information content (AvgIpc) is 3.73. The van der Waals surface area contributed by atoms with E-state index < -0.39 is 29.7 Å². The van der Waals surface area contributed by atoms with Crippen LogP contribution in [0.3, 0.4) is 0 Å². The highest BCUT2D eigenvalue weighted by atomic mass is 16.5. The number of rotatable bonds is 11. The molecule has 2 N–H and O–H groups in total. The minimum absolute atomic E-state index is 0.0567. The number of hydrogen-bond acceptors (Lipinski definition) is 11. The molecule has 2 aromatic carbocycles. The molecular formula is C43H51N7O9. The molecular weight excluding hydrogens is 759 g/mol. The van der Waals surface area contributed by atoms with E-state index >= 15 is 0 Å². The minimum Gasteiger partial charge on any atom is -0.496 e. The monoisotopic (exact) mass is 809 g/mol. The number of methoxy groups -OCH3 is 2. The Labute approximate surface area is 342 Å². The van der Waals surface area contributed by atoms with Gasteiger partial charge >= 0.3 is 6.03 Å². The molecule has 5 aliphatic rings. The van der Waals surface area contributed by atoms with Crippen LogP contribution in [0.2, 0.25) is 0 Å². The van der Waals surface area contributed by atoms with Crippen molar-refractivity contribution >= 4 is 29.7 Å². The zero-order chi connectivity index (χ0) is 41.7. The number of likely N-dealkylation sites (tertiary alicyclic amines) is 1. The van der Waals surface area contributed by atoms with Crippen LogP contribution in [0, 0.1) is 5.41 Å². The van der Waals surface area contributed by atoms with Crippen molar-refractivity contribution in [3.63, 3.8) is 0 Å². The Morgan fingerprint density at radius 1 is 0.932 bits per heavy atom. The predicted octanol–water partition coefficient (Wildman–Crippen LogP) is 2.53. The molecule has 4 aliphatic heterocycles. The first-order valence-corrected chi connectivity index (χ1v) is 20.2. The van der Waals surface area contributed by atoms with E-state index in [1.54, 1.807) is 48.9 Å². The Bertz CT molecular complexity index is 2270. The van der Waals surface area contributed by atoms with Gasteiger partial charge in [0.15, 0.2) is 0 Å². The normalized spacial score (nSPS) is 22.7. The first-order valence-electron chi connectivity index (χ1n) is 20.2. The summed E-state index contributed by atoms with van der Waals surface area (Å²) >= 11 is 0. The molecule has 312 valence electrons. The second kappa shape index (κ2) is 15.8. The Morgan fingerprint density at radius 3 is 2.36 bits per heavy atom. The molecule has 5 heterocycles. The summed E-state index contributed by atoms with van der Waals surface area (Å²) in [7, 11) is 9.00. The van der Waals surface area contributed by atoms with E-state index in [1.165, 1.54) is 0 Å². The predicted molar refractivity (Wildman–Crippen MR) is 215 cm³/mol. The maximum atomic E-state index is 13.6. The van der Waals surface area contributed by atoms with Crippen molar-refractivity contribution in [1.82, 2.24) is 34.8 Å². The largest absolute Gasteiger partial charge is 0.496 e. The highest BCUT2D eigenvalue weighted by Gasteiger charge is 2.49. The molecule has 0 radical (unpaired) electrons. The number of aromatic nitrogens is 1. The molecule has 6 amide bonds. The molecule has 16 heteroatoms. The third kappa shape index (κ3) is 7.55. The average molecular weight is 810 g/mol. The summed E-state index contributed by atoms with van der Waals surface area (Å²) in [5, 5.41) is 5.45. The van der Waals surface area contributed by atoms with Gasteiger partial charge < -0.3 is 33.9 Å². The summed E-state index contributed by atoms with van der Waals surface area (Å²) in [6.07, 6.45) is 5.35. The lowest BCUT2D eigenvalue weighted by molar-refractivity contribution is -0.136. The number of pyridine rings is 1. The summed E-state index contributed by atoms with van der Waals surface area (Å²) in [5.74, 6) is -0.305. The van der Waals surface area contributed by atoms with Gasteiger partial charge in [0.1, 0.15) is 29.9 Å². The fourth-order valence-electron chi connectivity index (χ4n) is 9.57. The molecule has 1 spiro atoms. The molecule has 1 aromatic heterocycles. The number of imide groups is 2. The van der Waals surface area contributed by atoms with Crippen molar-refractivity contribution in [2.45, 2.75) is 63.7 Å². The summed E-state index contributed by atoms with van der Waals surface area (Å²) in [6.45, 7) is 4.22. The molecule has 2 saturated heterocycles. The number of ether oxygens (including phenoxy) is 3. The van der Waals surface area contributed by atoms with E-state index in [1.807, 2.05) is 32.4 Å². The topological polar surface area (TPSA) is 172 Å². The van der Waals surface area contributed by atoms with Crippen LogP contribution >= 0.6 is 0 Å². The summed E-state index contributed by atoms with van der Waals surface area (Å²) in [6, 6.07) is 7.62. The lowest BCUT2D eigenvalue weighted by atomic mass is 9.65. The van der Waals surface area contributed by atoms with E-state index in [0.717, 1.165) is 59.5 Å². The van der Waals surface area contributed by atoms with Crippen LogP contribution in [0.25, 0.3) is 11.1 Å². The van der Waals surface area contributed by atoms with E-state index in [0.29, 0.717) is 55.5 Å². The molecule has 3 fully saturated rings. The number of nitrogens with zero attached hydrogens (tertiary/aromatic N) is 5. The number of piperidine rings is 1. The van der Waals surface area contributed by atoms with Crippen LogP contribution in [0.4, 0.5) is 4.79 Å². The number of carbonyl (C=O) groups excluding carboxylic acids is 5. The molecule has 3 aromatic rings. The fourth-order valence-corrected chi connectivity index (χ4v) is 9.57. The van der Waals surface area contributed by atoms with Gasteiger partial charge in [-0.2, -0.15) is 0 Å². The van der Waals surface area contributed by atoms with Crippen molar-refractivity contribution in [2.24, 2.45) is 12.5 Å². The third-order valence-electron chi connectivity index (χ3n) is 12.5. The number of amides is 6. The standard InChI is InChI=1S/C43H51N7O9/c1-46(2)21-33-35(57-4)16-25(17-36(33)58-5)31-22-47(3)39(53)32-23-49(12-10-28(31)32)42(56)44-26-19-43(20-26)11-13-48(24-43)14-15-59-27-6-7-29-30(18-27)41(55)50(40(29)54)34-8-9-37(51)45-38(34)52/h6-7,16-18,22,26,34H,8-15,19-21,23-24H2,1-5H3,(H,44,56)(H,45,51,52). The maximum absolute atomic E-state index is 13.6. The molecule has 8 rings (SSSR count). The fraction of sp³-hybridized carbons (Fsp3) is 0.488. The first-order chi connectivity index (χ1) is 28.3.